The first-order valence-electron chi connectivity index (χ1n) is 6.97. The van der Waals surface area contributed by atoms with Gasteiger partial charge >= 0.3 is 0 Å². The molecule has 0 rings (SSSR count). The molecule has 20 heavy (non-hydrogen) atoms. The predicted molar refractivity (Wildman–Crippen MR) is 77.0 cm³/mol. The Kier molecular flexibility index (Phi) is 8.41. The summed E-state index contributed by atoms with van der Waals surface area (Å²) in [6.07, 6.45) is -0.00333. The Morgan fingerprint density at radius 2 is 1.65 bits per heavy atom. The number of hydrogen-bond donors (Lipinski definition) is 2. The topological polar surface area (TPSA) is 81.1 Å². The predicted octanol–water partition coefficient (Wildman–Crippen LogP) is 0.0811. The van der Waals surface area contributed by atoms with Gasteiger partial charge in [-0.25, -0.2) is 0 Å². The van der Waals surface area contributed by atoms with Gasteiger partial charge < -0.3 is 20.0 Å². The van der Waals surface area contributed by atoms with Gasteiger partial charge in [0.05, 0.1) is 31.7 Å². The summed E-state index contributed by atoms with van der Waals surface area (Å²) in [7, 11) is 3.17. The van der Waals surface area contributed by atoms with E-state index in [4.69, 9.17) is 5.11 Å². The number of carbonyl (C=O) groups excluding carboxylic acids is 2. The minimum atomic E-state index is -0.719. The van der Waals surface area contributed by atoms with Crippen molar-refractivity contribution in [3.63, 3.8) is 0 Å². The first-order valence-corrected chi connectivity index (χ1v) is 6.97. The summed E-state index contributed by atoms with van der Waals surface area (Å²) < 4.78 is 0. The van der Waals surface area contributed by atoms with Crippen molar-refractivity contribution in [1.29, 1.82) is 0 Å². The third kappa shape index (κ3) is 6.86. The summed E-state index contributed by atoms with van der Waals surface area (Å²) in [5, 5.41) is 18.5. The van der Waals surface area contributed by atoms with Gasteiger partial charge in [0.25, 0.3) is 0 Å². The fourth-order valence-corrected chi connectivity index (χ4v) is 1.91. The number of aliphatic hydroxyl groups is 2. The minimum absolute atomic E-state index is 0.00289. The second-order valence-electron chi connectivity index (χ2n) is 5.77. The van der Waals surface area contributed by atoms with E-state index in [9.17, 15) is 14.7 Å². The maximum Gasteiger partial charge on any atom is 0.242 e. The standard InChI is InChI=1S/C14H28N2O4/c1-10(2)6-12(9-17)16(5)14(20)8-15(4)13(19)7-11(3)18/h10-12,17-18H,6-9H2,1-5H3/t11-,12+/m1/s1. The molecule has 0 saturated carbocycles. The fourth-order valence-electron chi connectivity index (χ4n) is 1.91. The van der Waals surface area contributed by atoms with Crippen molar-refractivity contribution < 1.29 is 19.8 Å². The van der Waals surface area contributed by atoms with E-state index in [0.29, 0.717) is 12.3 Å². The molecule has 0 aromatic carbocycles. The molecule has 0 saturated heterocycles. The monoisotopic (exact) mass is 288 g/mol. The number of carbonyl (C=O) groups is 2. The summed E-state index contributed by atoms with van der Waals surface area (Å²) in [5.41, 5.74) is 0. The van der Waals surface area contributed by atoms with Crippen LogP contribution in [0.5, 0.6) is 0 Å². The first kappa shape index (κ1) is 18.9. The van der Waals surface area contributed by atoms with Gasteiger partial charge in [0.15, 0.2) is 0 Å². The van der Waals surface area contributed by atoms with E-state index in [1.165, 1.54) is 23.8 Å². The van der Waals surface area contributed by atoms with Gasteiger partial charge in [-0.3, -0.25) is 9.59 Å². The Morgan fingerprint density at radius 3 is 2.05 bits per heavy atom. The second kappa shape index (κ2) is 8.92. The summed E-state index contributed by atoms with van der Waals surface area (Å²) in [4.78, 5) is 26.6. The quantitative estimate of drug-likeness (QED) is 0.663. The van der Waals surface area contributed by atoms with Crippen molar-refractivity contribution in [2.45, 2.75) is 45.8 Å². The molecule has 0 bridgehead atoms. The van der Waals surface area contributed by atoms with E-state index >= 15 is 0 Å². The molecule has 0 heterocycles. The smallest absolute Gasteiger partial charge is 0.242 e. The van der Waals surface area contributed by atoms with Crippen LogP contribution in [0.3, 0.4) is 0 Å². The molecular weight excluding hydrogens is 260 g/mol. The lowest BCUT2D eigenvalue weighted by Crippen LogP contribution is -2.46. The molecular formula is C14H28N2O4. The average Bonchev–Trinajstić information content (AvgIpc) is 2.33. The zero-order valence-corrected chi connectivity index (χ0v) is 13.2. The molecule has 2 N–H and O–H groups in total. The van der Waals surface area contributed by atoms with Crippen LogP contribution in [0.4, 0.5) is 0 Å². The van der Waals surface area contributed by atoms with Crippen LogP contribution in [-0.4, -0.2) is 71.2 Å². The molecule has 118 valence electrons. The van der Waals surface area contributed by atoms with Gasteiger partial charge in [0, 0.05) is 14.1 Å². The SMILES string of the molecule is CC(C)C[C@@H](CO)N(C)C(=O)CN(C)C(=O)C[C@@H](C)O. The summed E-state index contributed by atoms with van der Waals surface area (Å²) in [6, 6.07) is -0.234. The van der Waals surface area contributed by atoms with E-state index in [0.717, 1.165) is 0 Å². The Hall–Kier alpha value is -1.14. The lowest BCUT2D eigenvalue weighted by atomic mass is 10.0. The second-order valence-corrected chi connectivity index (χ2v) is 5.77. The third-order valence-electron chi connectivity index (χ3n) is 3.16. The van der Waals surface area contributed by atoms with Crippen LogP contribution >= 0.6 is 0 Å². The summed E-state index contributed by atoms with van der Waals surface area (Å²) in [6.45, 7) is 5.45. The highest BCUT2D eigenvalue weighted by atomic mass is 16.3. The van der Waals surface area contributed by atoms with Crippen molar-refractivity contribution >= 4 is 11.8 Å². The van der Waals surface area contributed by atoms with Crippen molar-refractivity contribution in [3.8, 4) is 0 Å². The number of aliphatic hydroxyl groups excluding tert-OH is 2. The van der Waals surface area contributed by atoms with E-state index in [2.05, 4.69) is 0 Å². The van der Waals surface area contributed by atoms with Crippen LogP contribution in [0.2, 0.25) is 0 Å². The molecule has 2 amide bonds. The van der Waals surface area contributed by atoms with Crippen molar-refractivity contribution in [3.05, 3.63) is 0 Å². The maximum atomic E-state index is 12.1. The summed E-state index contributed by atoms with van der Waals surface area (Å²) >= 11 is 0. The molecule has 0 aliphatic heterocycles. The number of rotatable bonds is 8. The first-order chi connectivity index (χ1) is 9.18. The molecule has 2 atom stereocenters. The van der Waals surface area contributed by atoms with Crippen molar-refractivity contribution in [2.24, 2.45) is 5.92 Å². The van der Waals surface area contributed by atoms with Crippen LogP contribution in [0.1, 0.15) is 33.6 Å². The van der Waals surface area contributed by atoms with Crippen LogP contribution in [-0.2, 0) is 9.59 Å². The molecule has 0 aromatic heterocycles. The normalized spacial score (nSPS) is 14.0. The van der Waals surface area contributed by atoms with Gasteiger partial charge in [-0.05, 0) is 19.3 Å². The van der Waals surface area contributed by atoms with Crippen LogP contribution in [0.15, 0.2) is 0 Å². The van der Waals surface area contributed by atoms with E-state index < -0.39 is 6.10 Å². The number of amides is 2. The molecule has 0 spiro atoms. The Balaban J connectivity index is 4.47. The minimum Gasteiger partial charge on any atom is -0.394 e. The zero-order valence-electron chi connectivity index (χ0n) is 13.2. The lowest BCUT2D eigenvalue weighted by Gasteiger charge is -2.29. The van der Waals surface area contributed by atoms with Gasteiger partial charge in [0.2, 0.25) is 11.8 Å². The zero-order chi connectivity index (χ0) is 15.9. The van der Waals surface area contributed by atoms with Crippen LogP contribution in [0.25, 0.3) is 0 Å². The van der Waals surface area contributed by atoms with Crippen LogP contribution < -0.4 is 0 Å². The molecule has 0 aromatic rings. The number of nitrogens with zero attached hydrogens (tertiary/aromatic N) is 2. The Bertz CT molecular complexity index is 318. The average molecular weight is 288 g/mol. The lowest BCUT2D eigenvalue weighted by molar-refractivity contribution is -0.141. The van der Waals surface area contributed by atoms with Crippen molar-refractivity contribution in [2.75, 3.05) is 27.2 Å². The molecule has 0 unspecified atom stereocenters. The largest absolute Gasteiger partial charge is 0.394 e. The van der Waals surface area contributed by atoms with E-state index in [1.54, 1.807) is 7.05 Å². The van der Waals surface area contributed by atoms with Gasteiger partial charge in [-0.15, -0.1) is 0 Å². The molecule has 0 aliphatic carbocycles. The molecule has 0 fully saturated rings. The molecule has 6 nitrogen and oxygen atoms in total. The highest BCUT2D eigenvalue weighted by Gasteiger charge is 2.22. The molecule has 0 radical (unpaired) electrons. The molecule has 0 aliphatic rings. The van der Waals surface area contributed by atoms with Gasteiger partial charge in [-0.1, -0.05) is 13.8 Å². The van der Waals surface area contributed by atoms with Gasteiger partial charge in [0.1, 0.15) is 0 Å². The maximum absolute atomic E-state index is 12.1. The summed E-state index contributed by atoms with van der Waals surface area (Å²) in [5.74, 6) is -0.116. The Morgan fingerprint density at radius 1 is 1.10 bits per heavy atom. The van der Waals surface area contributed by atoms with E-state index in [-0.39, 0.29) is 37.4 Å². The van der Waals surface area contributed by atoms with Gasteiger partial charge in [-0.2, -0.15) is 0 Å². The van der Waals surface area contributed by atoms with E-state index in [1.807, 2.05) is 13.8 Å². The third-order valence-corrected chi connectivity index (χ3v) is 3.16. The number of hydrogen-bond acceptors (Lipinski definition) is 4. The molecule has 6 heteroatoms. The fraction of sp³-hybridized carbons (Fsp3) is 0.857. The van der Waals surface area contributed by atoms with Crippen molar-refractivity contribution in [1.82, 2.24) is 9.80 Å². The number of likely N-dealkylation sites (N-methyl/N-ethyl adjacent to an activating group) is 2. The Labute approximate surface area is 121 Å². The highest BCUT2D eigenvalue weighted by Crippen LogP contribution is 2.10. The highest BCUT2D eigenvalue weighted by molar-refractivity contribution is 5.84. The van der Waals surface area contributed by atoms with Crippen LogP contribution in [0, 0.1) is 5.92 Å².